The molecule has 1 atom stereocenters. The van der Waals surface area contributed by atoms with Crippen LogP contribution in [0.15, 0.2) is 60.7 Å². The number of hydrogen-bond acceptors (Lipinski definition) is 2. The van der Waals surface area contributed by atoms with E-state index < -0.39 is 12.1 Å². The normalized spacial score (nSPS) is 11.2. The van der Waals surface area contributed by atoms with E-state index in [1.54, 1.807) is 0 Å². The minimum atomic E-state index is -0.527. The van der Waals surface area contributed by atoms with Crippen molar-refractivity contribution in [2.75, 3.05) is 0 Å². The lowest BCUT2D eigenvalue weighted by Crippen LogP contribution is -2.28. The van der Waals surface area contributed by atoms with Gasteiger partial charge in [0.25, 0.3) is 0 Å². The number of nitrogens with one attached hydrogen (secondary N) is 1. The lowest BCUT2D eigenvalue weighted by Gasteiger charge is -2.13. The SMILES string of the molecule is C#CC(NC(=O)OCc1ccccc1)c1ccccc1. The number of hydrogen-bond donors (Lipinski definition) is 1. The molecular formula is C17H15NO2. The first-order chi connectivity index (χ1) is 9.79. The van der Waals surface area contributed by atoms with Crippen molar-refractivity contribution in [3.63, 3.8) is 0 Å². The van der Waals surface area contributed by atoms with Crippen LogP contribution in [0.25, 0.3) is 0 Å². The van der Waals surface area contributed by atoms with Gasteiger partial charge in [0.1, 0.15) is 12.6 Å². The first-order valence-electron chi connectivity index (χ1n) is 6.28. The Bertz CT molecular complexity index is 587. The van der Waals surface area contributed by atoms with Crippen LogP contribution in [-0.2, 0) is 11.3 Å². The van der Waals surface area contributed by atoms with Gasteiger partial charge in [-0.15, -0.1) is 6.42 Å². The summed E-state index contributed by atoms with van der Waals surface area (Å²) in [5.41, 5.74) is 1.78. The van der Waals surface area contributed by atoms with Gasteiger partial charge in [-0.05, 0) is 11.1 Å². The lowest BCUT2D eigenvalue weighted by atomic mass is 10.1. The number of amides is 1. The minimum absolute atomic E-state index is 0.221. The quantitative estimate of drug-likeness (QED) is 0.861. The second-order valence-electron chi connectivity index (χ2n) is 4.22. The van der Waals surface area contributed by atoms with Gasteiger partial charge >= 0.3 is 6.09 Å². The zero-order valence-corrected chi connectivity index (χ0v) is 11.0. The zero-order valence-electron chi connectivity index (χ0n) is 11.0. The van der Waals surface area contributed by atoms with Gasteiger partial charge in [-0.3, -0.25) is 0 Å². The molecule has 2 aromatic carbocycles. The minimum Gasteiger partial charge on any atom is -0.445 e. The Morgan fingerprint density at radius 2 is 1.70 bits per heavy atom. The van der Waals surface area contributed by atoms with E-state index in [1.807, 2.05) is 60.7 Å². The molecule has 0 aliphatic rings. The molecular weight excluding hydrogens is 250 g/mol. The van der Waals surface area contributed by atoms with E-state index in [0.29, 0.717) is 0 Å². The topological polar surface area (TPSA) is 38.3 Å². The van der Waals surface area contributed by atoms with Crippen LogP contribution < -0.4 is 5.32 Å². The third kappa shape index (κ3) is 3.89. The number of terminal acetylenes is 1. The molecule has 3 nitrogen and oxygen atoms in total. The molecule has 0 saturated carbocycles. The highest BCUT2D eigenvalue weighted by Crippen LogP contribution is 2.11. The average molecular weight is 265 g/mol. The van der Waals surface area contributed by atoms with Crippen molar-refractivity contribution in [2.45, 2.75) is 12.6 Å². The number of carbonyl (C=O) groups excluding carboxylic acids is 1. The number of ether oxygens (including phenoxy) is 1. The Morgan fingerprint density at radius 3 is 2.30 bits per heavy atom. The van der Waals surface area contributed by atoms with Gasteiger partial charge in [-0.2, -0.15) is 0 Å². The Balaban J connectivity index is 1.89. The van der Waals surface area contributed by atoms with Crippen LogP contribution in [0.1, 0.15) is 17.2 Å². The average Bonchev–Trinajstić information content (AvgIpc) is 2.52. The number of alkyl carbamates (subject to hydrolysis) is 1. The highest BCUT2D eigenvalue weighted by atomic mass is 16.5. The van der Waals surface area contributed by atoms with Crippen LogP contribution in [0.2, 0.25) is 0 Å². The Hall–Kier alpha value is -2.73. The molecule has 1 N–H and O–H groups in total. The van der Waals surface area contributed by atoms with E-state index in [1.165, 1.54) is 0 Å². The molecule has 2 rings (SSSR count). The van der Waals surface area contributed by atoms with E-state index in [0.717, 1.165) is 11.1 Å². The maximum atomic E-state index is 11.7. The molecule has 2 aromatic rings. The smallest absolute Gasteiger partial charge is 0.408 e. The van der Waals surface area contributed by atoms with Gasteiger partial charge in [0, 0.05) is 0 Å². The monoisotopic (exact) mass is 265 g/mol. The van der Waals surface area contributed by atoms with E-state index in [2.05, 4.69) is 11.2 Å². The maximum absolute atomic E-state index is 11.7. The Morgan fingerprint density at radius 1 is 1.10 bits per heavy atom. The van der Waals surface area contributed by atoms with Crippen molar-refractivity contribution in [2.24, 2.45) is 0 Å². The second kappa shape index (κ2) is 7.01. The predicted octanol–water partition coefficient (Wildman–Crippen LogP) is 3.29. The van der Waals surface area contributed by atoms with Crippen molar-refractivity contribution in [3.05, 3.63) is 71.8 Å². The number of benzene rings is 2. The molecule has 0 aromatic heterocycles. The summed E-state index contributed by atoms with van der Waals surface area (Å²) in [6.45, 7) is 0.221. The summed E-state index contributed by atoms with van der Waals surface area (Å²) in [6.07, 6.45) is 4.91. The predicted molar refractivity (Wildman–Crippen MR) is 77.8 cm³/mol. The van der Waals surface area contributed by atoms with Crippen LogP contribution in [-0.4, -0.2) is 6.09 Å². The third-order valence-electron chi connectivity index (χ3n) is 2.77. The van der Waals surface area contributed by atoms with Crippen LogP contribution in [0.5, 0.6) is 0 Å². The van der Waals surface area contributed by atoms with Gasteiger partial charge in [-0.25, -0.2) is 4.79 Å². The molecule has 100 valence electrons. The van der Waals surface area contributed by atoms with E-state index in [4.69, 9.17) is 11.2 Å². The van der Waals surface area contributed by atoms with Crippen molar-refractivity contribution in [1.82, 2.24) is 5.32 Å². The summed E-state index contributed by atoms with van der Waals surface area (Å²) in [7, 11) is 0. The first kappa shape index (κ1) is 13.7. The fourth-order valence-corrected chi connectivity index (χ4v) is 1.75. The molecule has 0 saturated heterocycles. The van der Waals surface area contributed by atoms with Crippen LogP contribution in [0, 0.1) is 12.3 Å². The van der Waals surface area contributed by atoms with Crippen LogP contribution in [0.3, 0.4) is 0 Å². The van der Waals surface area contributed by atoms with Gasteiger partial charge in [0.15, 0.2) is 0 Å². The molecule has 0 aliphatic carbocycles. The summed E-state index contributed by atoms with van der Waals surface area (Å²) in [5.74, 6) is 2.54. The summed E-state index contributed by atoms with van der Waals surface area (Å²) in [5, 5.41) is 2.66. The van der Waals surface area contributed by atoms with Crippen LogP contribution >= 0.6 is 0 Å². The summed E-state index contributed by atoms with van der Waals surface area (Å²) >= 11 is 0. The summed E-state index contributed by atoms with van der Waals surface area (Å²) < 4.78 is 5.14. The molecule has 3 heteroatoms. The molecule has 0 aliphatic heterocycles. The molecule has 20 heavy (non-hydrogen) atoms. The largest absolute Gasteiger partial charge is 0.445 e. The Labute approximate surface area is 118 Å². The molecule has 1 amide bonds. The molecule has 0 bridgehead atoms. The molecule has 0 radical (unpaired) electrons. The second-order valence-corrected chi connectivity index (χ2v) is 4.22. The highest BCUT2D eigenvalue weighted by molar-refractivity contribution is 5.68. The zero-order chi connectivity index (χ0) is 14.2. The molecule has 0 heterocycles. The molecule has 1 unspecified atom stereocenters. The summed E-state index contributed by atoms with van der Waals surface area (Å²) in [4.78, 5) is 11.7. The van der Waals surface area contributed by atoms with E-state index >= 15 is 0 Å². The Kier molecular flexibility index (Phi) is 4.80. The number of carbonyl (C=O) groups is 1. The van der Waals surface area contributed by atoms with Crippen molar-refractivity contribution in [1.29, 1.82) is 0 Å². The maximum Gasteiger partial charge on any atom is 0.408 e. The van der Waals surface area contributed by atoms with Gasteiger partial charge < -0.3 is 10.1 Å². The van der Waals surface area contributed by atoms with Crippen molar-refractivity contribution in [3.8, 4) is 12.3 Å². The first-order valence-corrected chi connectivity index (χ1v) is 6.28. The van der Waals surface area contributed by atoms with Gasteiger partial charge in [0.2, 0.25) is 0 Å². The van der Waals surface area contributed by atoms with Crippen molar-refractivity contribution < 1.29 is 9.53 Å². The highest BCUT2D eigenvalue weighted by Gasteiger charge is 2.12. The van der Waals surface area contributed by atoms with Crippen molar-refractivity contribution >= 4 is 6.09 Å². The van der Waals surface area contributed by atoms with E-state index in [-0.39, 0.29) is 6.61 Å². The standard InChI is InChI=1S/C17H15NO2/c1-2-16(15-11-7-4-8-12-15)18-17(19)20-13-14-9-5-3-6-10-14/h1,3-12,16H,13H2,(H,18,19). The fraction of sp³-hybridized carbons (Fsp3) is 0.118. The fourth-order valence-electron chi connectivity index (χ4n) is 1.75. The van der Waals surface area contributed by atoms with Gasteiger partial charge in [-0.1, -0.05) is 66.6 Å². The number of rotatable bonds is 4. The third-order valence-corrected chi connectivity index (χ3v) is 2.77. The lowest BCUT2D eigenvalue weighted by molar-refractivity contribution is 0.138. The summed E-state index contributed by atoms with van der Waals surface area (Å²) in [6, 6.07) is 18.4. The van der Waals surface area contributed by atoms with Crippen LogP contribution in [0.4, 0.5) is 4.79 Å². The van der Waals surface area contributed by atoms with E-state index in [9.17, 15) is 4.79 Å². The molecule has 0 fully saturated rings. The molecule has 0 spiro atoms. The van der Waals surface area contributed by atoms with Gasteiger partial charge in [0.05, 0.1) is 0 Å².